The number of rotatable bonds is 5. The Hall–Kier alpha value is -3.66. The summed E-state index contributed by atoms with van der Waals surface area (Å²) in [7, 11) is 0. The zero-order valence-corrected chi connectivity index (χ0v) is 20.1. The van der Waals surface area contributed by atoms with E-state index < -0.39 is 5.69 Å². The molecule has 0 atom stereocenters. The third-order valence-corrected chi connectivity index (χ3v) is 7.82. The van der Waals surface area contributed by atoms with Gasteiger partial charge in [-0.1, -0.05) is 29.5 Å². The predicted molar refractivity (Wildman–Crippen MR) is 136 cm³/mol. The molecule has 0 aliphatic carbocycles. The van der Waals surface area contributed by atoms with Crippen molar-refractivity contribution in [3.63, 3.8) is 0 Å². The van der Waals surface area contributed by atoms with Gasteiger partial charge in [-0.2, -0.15) is 4.98 Å². The smallest absolute Gasteiger partial charge is 0.349 e. The first-order chi connectivity index (χ1) is 17.2. The van der Waals surface area contributed by atoms with Crippen molar-refractivity contribution in [1.29, 1.82) is 0 Å². The molecule has 2 aliphatic rings. The second-order valence-corrected chi connectivity index (χ2v) is 9.81. The summed E-state index contributed by atoms with van der Waals surface area (Å²) in [6.45, 7) is 4.59. The fourth-order valence-corrected chi connectivity index (χ4v) is 5.90. The van der Waals surface area contributed by atoms with Gasteiger partial charge in [-0.25, -0.2) is 9.78 Å². The van der Waals surface area contributed by atoms with Gasteiger partial charge in [0.05, 0.1) is 6.26 Å². The molecule has 2 saturated heterocycles. The summed E-state index contributed by atoms with van der Waals surface area (Å²) < 4.78 is 7.02. The molecule has 0 N–H and O–H groups in total. The minimum atomic E-state index is -0.461. The maximum absolute atomic E-state index is 13.3. The fourth-order valence-electron chi connectivity index (χ4n) is 4.79. The molecule has 0 radical (unpaired) electrons. The average Bonchev–Trinajstić information content (AvgIpc) is 3.68. The van der Waals surface area contributed by atoms with Gasteiger partial charge in [0.15, 0.2) is 10.9 Å². The van der Waals surface area contributed by atoms with E-state index in [1.807, 2.05) is 23.1 Å². The van der Waals surface area contributed by atoms with E-state index in [0.717, 1.165) is 49.8 Å². The first kappa shape index (κ1) is 21.8. The van der Waals surface area contributed by atoms with E-state index >= 15 is 0 Å². The van der Waals surface area contributed by atoms with Gasteiger partial charge in [0.2, 0.25) is 5.91 Å². The highest BCUT2D eigenvalue weighted by Crippen LogP contribution is 2.34. The van der Waals surface area contributed by atoms with Crippen molar-refractivity contribution in [2.75, 3.05) is 49.1 Å². The number of para-hydroxylation sites is 1. The third kappa shape index (κ3) is 4.18. The predicted octanol–water partition coefficient (Wildman–Crippen LogP) is 3.06. The van der Waals surface area contributed by atoms with Gasteiger partial charge in [-0.3, -0.25) is 9.36 Å². The number of carbonyl (C=O) groups is 1. The summed E-state index contributed by atoms with van der Waals surface area (Å²) in [6, 6.07) is 13.8. The van der Waals surface area contributed by atoms with E-state index in [9.17, 15) is 9.59 Å². The van der Waals surface area contributed by atoms with Crippen molar-refractivity contribution >= 4 is 38.4 Å². The normalized spacial score (nSPS) is 16.4. The van der Waals surface area contributed by atoms with Crippen molar-refractivity contribution in [1.82, 2.24) is 19.4 Å². The maximum Gasteiger partial charge on any atom is 0.349 e. The molecule has 3 aromatic heterocycles. The van der Waals surface area contributed by atoms with Crippen LogP contribution < -0.4 is 15.5 Å². The van der Waals surface area contributed by atoms with E-state index in [2.05, 4.69) is 26.9 Å². The number of piperazine rings is 1. The monoisotopic (exact) mass is 490 g/mol. The third-order valence-electron chi connectivity index (χ3n) is 6.68. The highest BCUT2D eigenvalue weighted by Gasteiger charge is 2.26. The zero-order valence-electron chi connectivity index (χ0n) is 19.3. The Balaban J connectivity index is 1.28. The number of nitrogens with zero attached hydrogens (tertiary/aromatic N) is 6. The molecule has 1 aromatic carbocycles. The molecule has 4 aromatic rings. The lowest BCUT2D eigenvalue weighted by atomic mass is 10.2. The Kier molecular flexibility index (Phi) is 5.73. The number of aromatic nitrogens is 3. The summed E-state index contributed by atoms with van der Waals surface area (Å²) in [5.74, 6) is 0.422. The van der Waals surface area contributed by atoms with Crippen LogP contribution in [0.3, 0.4) is 0 Å². The molecule has 9 nitrogen and oxygen atoms in total. The van der Waals surface area contributed by atoms with Crippen molar-refractivity contribution in [3.8, 4) is 11.5 Å². The van der Waals surface area contributed by atoms with Crippen LogP contribution in [0.15, 0.2) is 57.9 Å². The van der Waals surface area contributed by atoms with Crippen molar-refractivity contribution in [2.24, 2.45) is 0 Å². The standard InChI is InChI=1S/C25H26N6O3S/c32-20(29-14-12-28(13-15-29)18-7-2-1-3-8-18)17-31-23-22(27-25(35-23)30-10-4-5-11-30)21(26-24(31)33)19-9-6-16-34-19/h1-3,6-9,16H,4-5,10-15,17H2. The molecule has 0 saturated carbocycles. The molecule has 0 spiro atoms. The van der Waals surface area contributed by atoms with Gasteiger partial charge in [0.25, 0.3) is 0 Å². The van der Waals surface area contributed by atoms with E-state index in [1.165, 1.54) is 15.9 Å². The average molecular weight is 491 g/mol. The van der Waals surface area contributed by atoms with Crippen LogP contribution in [-0.2, 0) is 11.3 Å². The van der Waals surface area contributed by atoms with E-state index in [4.69, 9.17) is 9.40 Å². The summed E-state index contributed by atoms with van der Waals surface area (Å²) in [5, 5.41) is 0.857. The maximum atomic E-state index is 13.3. The Morgan fingerprint density at radius 1 is 0.914 bits per heavy atom. The van der Waals surface area contributed by atoms with Crippen LogP contribution in [0.25, 0.3) is 21.8 Å². The number of amides is 1. The largest absolute Gasteiger partial charge is 0.463 e. The number of anilines is 2. The molecular weight excluding hydrogens is 464 g/mol. The van der Waals surface area contributed by atoms with Crippen LogP contribution >= 0.6 is 11.3 Å². The number of carbonyl (C=O) groups excluding carboxylic acids is 1. The summed E-state index contributed by atoms with van der Waals surface area (Å²) in [6.07, 6.45) is 3.81. The Morgan fingerprint density at radius 2 is 1.69 bits per heavy atom. The first-order valence-corrected chi connectivity index (χ1v) is 12.8. The lowest BCUT2D eigenvalue weighted by Crippen LogP contribution is -2.50. The van der Waals surface area contributed by atoms with Gasteiger partial charge < -0.3 is 19.1 Å². The van der Waals surface area contributed by atoms with Crippen LogP contribution in [0.1, 0.15) is 12.8 Å². The number of furan rings is 1. The van der Waals surface area contributed by atoms with Gasteiger partial charge >= 0.3 is 5.69 Å². The minimum Gasteiger partial charge on any atom is -0.463 e. The van der Waals surface area contributed by atoms with Crippen LogP contribution in [0, 0.1) is 0 Å². The highest BCUT2D eigenvalue weighted by atomic mass is 32.1. The molecule has 5 heterocycles. The van der Waals surface area contributed by atoms with E-state index in [0.29, 0.717) is 34.9 Å². The Morgan fingerprint density at radius 3 is 2.40 bits per heavy atom. The van der Waals surface area contributed by atoms with Crippen LogP contribution in [0.2, 0.25) is 0 Å². The van der Waals surface area contributed by atoms with E-state index in [1.54, 1.807) is 18.4 Å². The second-order valence-electron chi connectivity index (χ2n) is 8.85. The molecule has 10 heteroatoms. The second kappa shape index (κ2) is 9.18. The number of hydrogen-bond acceptors (Lipinski definition) is 8. The van der Waals surface area contributed by atoms with Gasteiger partial charge in [-0.15, -0.1) is 0 Å². The topological polar surface area (TPSA) is 87.7 Å². The van der Waals surface area contributed by atoms with Crippen LogP contribution in [0.5, 0.6) is 0 Å². The number of thiazole rings is 1. The quantitative estimate of drug-likeness (QED) is 0.425. The molecule has 1 amide bonds. The number of fused-ring (bicyclic) bond motifs is 1. The summed E-state index contributed by atoms with van der Waals surface area (Å²) in [4.78, 5) is 42.5. The molecule has 2 fully saturated rings. The SMILES string of the molecule is O=C(Cn1c(=O)nc(-c2ccco2)c2nc(N3CCCC3)sc21)N1CCN(c2ccccc2)CC1. The van der Waals surface area contributed by atoms with Crippen LogP contribution in [-0.4, -0.2) is 64.6 Å². The molecular formula is C25H26N6O3S. The molecule has 0 bridgehead atoms. The molecule has 0 unspecified atom stereocenters. The lowest BCUT2D eigenvalue weighted by Gasteiger charge is -2.36. The number of benzene rings is 1. The fraction of sp³-hybridized carbons (Fsp3) is 0.360. The summed E-state index contributed by atoms with van der Waals surface area (Å²) in [5.41, 5.74) is 1.73. The summed E-state index contributed by atoms with van der Waals surface area (Å²) >= 11 is 1.45. The van der Waals surface area contributed by atoms with Gasteiger partial charge in [0.1, 0.15) is 22.6 Å². The molecule has 2 aliphatic heterocycles. The molecule has 180 valence electrons. The zero-order chi connectivity index (χ0) is 23.8. The van der Waals surface area contributed by atoms with Crippen molar-refractivity contribution < 1.29 is 9.21 Å². The first-order valence-electron chi connectivity index (χ1n) is 12.0. The Labute approximate surface area is 206 Å². The van der Waals surface area contributed by atoms with Gasteiger partial charge in [-0.05, 0) is 37.1 Å². The molecule has 35 heavy (non-hydrogen) atoms. The minimum absolute atomic E-state index is 0.0479. The highest BCUT2D eigenvalue weighted by molar-refractivity contribution is 7.22. The van der Waals surface area contributed by atoms with Crippen LogP contribution in [0.4, 0.5) is 10.8 Å². The Bertz CT molecular complexity index is 1380. The van der Waals surface area contributed by atoms with Crippen molar-refractivity contribution in [3.05, 3.63) is 59.2 Å². The molecule has 6 rings (SSSR count). The van der Waals surface area contributed by atoms with Crippen molar-refractivity contribution in [2.45, 2.75) is 19.4 Å². The number of hydrogen-bond donors (Lipinski definition) is 0. The van der Waals surface area contributed by atoms with Gasteiger partial charge in [0, 0.05) is 45.0 Å². The van der Waals surface area contributed by atoms with E-state index in [-0.39, 0.29) is 12.5 Å². The lowest BCUT2D eigenvalue weighted by molar-refractivity contribution is -0.132.